The third-order valence-electron chi connectivity index (χ3n) is 3.35. The minimum absolute atomic E-state index is 0.235. The summed E-state index contributed by atoms with van der Waals surface area (Å²) in [7, 11) is 0. The summed E-state index contributed by atoms with van der Waals surface area (Å²) in [6, 6.07) is 0. The number of nitrogens with two attached hydrogens (primary N) is 1. The number of aromatic nitrogens is 3. The molecule has 0 aliphatic carbocycles. The number of hydrogen-bond donors (Lipinski definition) is 2. The molecule has 5 heteroatoms. The van der Waals surface area contributed by atoms with E-state index >= 15 is 0 Å². The number of rotatable bonds is 3. The third kappa shape index (κ3) is 3.45. The van der Waals surface area contributed by atoms with Gasteiger partial charge in [0.25, 0.3) is 0 Å². The van der Waals surface area contributed by atoms with Crippen molar-refractivity contribution >= 4 is 5.95 Å². The van der Waals surface area contributed by atoms with Crippen molar-refractivity contribution < 1.29 is 0 Å². The van der Waals surface area contributed by atoms with E-state index in [1.54, 1.807) is 0 Å². The van der Waals surface area contributed by atoms with Crippen LogP contribution in [0.25, 0.3) is 0 Å². The molecule has 2 heterocycles. The maximum atomic E-state index is 5.76. The van der Waals surface area contributed by atoms with Crippen molar-refractivity contribution in [2.75, 3.05) is 24.5 Å². The number of nitrogens with zero attached hydrogens (tertiary/aromatic N) is 3. The first-order chi connectivity index (χ1) is 8.48. The quantitative estimate of drug-likeness (QED) is 0.855. The predicted octanol–water partition coefficient (Wildman–Crippen LogP) is 1.57. The molecule has 0 spiro atoms. The van der Waals surface area contributed by atoms with Gasteiger partial charge in [-0.25, -0.2) is 0 Å². The molecular formula is C13H25N5. The first-order valence-electron chi connectivity index (χ1n) is 6.84. The molecule has 0 saturated carbocycles. The highest BCUT2D eigenvalue weighted by Gasteiger charge is 2.22. The molecule has 1 aliphatic heterocycles. The number of hydrogen-bond acceptors (Lipinski definition) is 4. The largest absolute Gasteiger partial charge is 0.339 e. The van der Waals surface area contributed by atoms with Gasteiger partial charge in [-0.05, 0) is 30.7 Å². The van der Waals surface area contributed by atoms with Gasteiger partial charge in [-0.3, -0.25) is 5.10 Å². The lowest BCUT2D eigenvalue weighted by Gasteiger charge is -2.31. The standard InChI is InChI=1S/C13H25N5/c1-13(2,3)7-11-15-12(17-16-11)18-6-4-5-10(8-14)9-18/h10H,4-9,14H2,1-3H3,(H,15,16,17). The number of piperidine rings is 1. The first-order valence-corrected chi connectivity index (χ1v) is 6.84. The Bertz CT molecular complexity index is 379. The predicted molar refractivity (Wildman–Crippen MR) is 73.5 cm³/mol. The van der Waals surface area contributed by atoms with Gasteiger partial charge in [0.05, 0.1) is 0 Å². The van der Waals surface area contributed by atoms with Crippen molar-refractivity contribution in [3.05, 3.63) is 5.82 Å². The summed E-state index contributed by atoms with van der Waals surface area (Å²) < 4.78 is 0. The molecule has 102 valence electrons. The van der Waals surface area contributed by atoms with Crippen LogP contribution >= 0.6 is 0 Å². The first kappa shape index (κ1) is 13.3. The molecule has 0 radical (unpaired) electrons. The topological polar surface area (TPSA) is 70.8 Å². The summed E-state index contributed by atoms with van der Waals surface area (Å²) in [4.78, 5) is 6.86. The smallest absolute Gasteiger partial charge is 0.244 e. The summed E-state index contributed by atoms with van der Waals surface area (Å²) in [5.74, 6) is 2.41. The molecule has 0 amide bonds. The van der Waals surface area contributed by atoms with Crippen LogP contribution in [0.3, 0.4) is 0 Å². The Labute approximate surface area is 109 Å². The molecule has 1 unspecified atom stereocenters. The van der Waals surface area contributed by atoms with Gasteiger partial charge in [-0.1, -0.05) is 20.8 Å². The highest BCUT2D eigenvalue weighted by molar-refractivity contribution is 5.29. The van der Waals surface area contributed by atoms with E-state index in [1.807, 2.05) is 0 Å². The average Bonchev–Trinajstić information content (AvgIpc) is 2.75. The average molecular weight is 251 g/mol. The second-order valence-corrected chi connectivity index (χ2v) is 6.51. The fourth-order valence-electron chi connectivity index (χ4n) is 2.45. The zero-order chi connectivity index (χ0) is 13.2. The summed E-state index contributed by atoms with van der Waals surface area (Å²) in [6.45, 7) is 9.42. The molecule has 1 atom stereocenters. The van der Waals surface area contributed by atoms with Crippen molar-refractivity contribution in [2.24, 2.45) is 17.1 Å². The van der Waals surface area contributed by atoms with E-state index < -0.39 is 0 Å². The minimum atomic E-state index is 0.235. The van der Waals surface area contributed by atoms with Crippen LogP contribution in [0.1, 0.15) is 39.4 Å². The maximum absolute atomic E-state index is 5.76. The molecule has 2 rings (SSSR count). The van der Waals surface area contributed by atoms with E-state index in [2.05, 4.69) is 40.9 Å². The molecule has 1 saturated heterocycles. The Morgan fingerprint density at radius 1 is 1.44 bits per heavy atom. The molecule has 0 bridgehead atoms. The van der Waals surface area contributed by atoms with Gasteiger partial charge in [0.15, 0.2) is 0 Å². The van der Waals surface area contributed by atoms with Crippen LogP contribution < -0.4 is 10.6 Å². The Kier molecular flexibility index (Phi) is 3.90. The van der Waals surface area contributed by atoms with E-state index in [9.17, 15) is 0 Å². The fraction of sp³-hybridized carbons (Fsp3) is 0.846. The van der Waals surface area contributed by atoms with Crippen LogP contribution in [0.4, 0.5) is 5.95 Å². The number of H-pyrrole nitrogens is 1. The zero-order valence-corrected chi connectivity index (χ0v) is 11.7. The van der Waals surface area contributed by atoms with Crippen LogP contribution in [-0.4, -0.2) is 34.8 Å². The Hall–Kier alpha value is -1.10. The number of aromatic amines is 1. The molecule has 3 N–H and O–H groups in total. The van der Waals surface area contributed by atoms with E-state index in [1.165, 1.54) is 12.8 Å². The Balaban J connectivity index is 2.01. The van der Waals surface area contributed by atoms with Crippen LogP contribution in [0.5, 0.6) is 0 Å². The minimum Gasteiger partial charge on any atom is -0.339 e. The molecule has 1 aliphatic rings. The molecule has 18 heavy (non-hydrogen) atoms. The Morgan fingerprint density at radius 2 is 2.22 bits per heavy atom. The van der Waals surface area contributed by atoms with Gasteiger partial charge in [0.1, 0.15) is 5.82 Å². The molecule has 0 aromatic carbocycles. The molecule has 1 aromatic heterocycles. The molecule has 1 aromatic rings. The monoisotopic (exact) mass is 251 g/mol. The van der Waals surface area contributed by atoms with Gasteiger partial charge < -0.3 is 10.6 Å². The van der Waals surface area contributed by atoms with E-state index in [-0.39, 0.29) is 5.41 Å². The van der Waals surface area contributed by atoms with Gasteiger partial charge in [0, 0.05) is 19.5 Å². The second-order valence-electron chi connectivity index (χ2n) is 6.51. The van der Waals surface area contributed by atoms with Crippen LogP contribution in [0.15, 0.2) is 0 Å². The third-order valence-corrected chi connectivity index (χ3v) is 3.35. The molecular weight excluding hydrogens is 226 g/mol. The lowest BCUT2D eigenvalue weighted by Crippen LogP contribution is -2.39. The van der Waals surface area contributed by atoms with Gasteiger partial charge in [0.2, 0.25) is 5.95 Å². The summed E-state index contributed by atoms with van der Waals surface area (Å²) in [6.07, 6.45) is 3.34. The van der Waals surface area contributed by atoms with Crippen LogP contribution in [0.2, 0.25) is 0 Å². The number of nitrogens with one attached hydrogen (secondary N) is 1. The van der Waals surface area contributed by atoms with Crippen LogP contribution in [-0.2, 0) is 6.42 Å². The van der Waals surface area contributed by atoms with Crippen LogP contribution in [0, 0.1) is 11.3 Å². The van der Waals surface area contributed by atoms with E-state index in [0.29, 0.717) is 5.92 Å². The highest BCUT2D eigenvalue weighted by atomic mass is 15.4. The number of anilines is 1. The van der Waals surface area contributed by atoms with Gasteiger partial charge in [-0.15, -0.1) is 5.10 Å². The zero-order valence-electron chi connectivity index (χ0n) is 11.7. The lowest BCUT2D eigenvalue weighted by molar-refractivity contribution is 0.401. The SMILES string of the molecule is CC(C)(C)Cc1nc(N2CCCC(CN)C2)n[nH]1. The molecule has 5 nitrogen and oxygen atoms in total. The second kappa shape index (κ2) is 5.26. The summed E-state index contributed by atoms with van der Waals surface area (Å²) >= 11 is 0. The van der Waals surface area contributed by atoms with E-state index in [4.69, 9.17) is 5.73 Å². The van der Waals surface area contributed by atoms with Crippen molar-refractivity contribution in [1.82, 2.24) is 15.2 Å². The van der Waals surface area contributed by atoms with Gasteiger partial charge in [-0.2, -0.15) is 4.98 Å². The molecule has 1 fully saturated rings. The van der Waals surface area contributed by atoms with Crippen molar-refractivity contribution in [2.45, 2.75) is 40.0 Å². The Morgan fingerprint density at radius 3 is 2.89 bits per heavy atom. The summed E-state index contributed by atoms with van der Waals surface area (Å²) in [5, 5.41) is 7.40. The lowest BCUT2D eigenvalue weighted by atomic mass is 9.92. The summed E-state index contributed by atoms with van der Waals surface area (Å²) in [5.41, 5.74) is 5.99. The highest BCUT2D eigenvalue weighted by Crippen LogP contribution is 2.22. The van der Waals surface area contributed by atoms with Gasteiger partial charge >= 0.3 is 0 Å². The van der Waals surface area contributed by atoms with E-state index in [0.717, 1.165) is 37.8 Å². The van der Waals surface area contributed by atoms with Crippen molar-refractivity contribution in [3.8, 4) is 0 Å². The van der Waals surface area contributed by atoms with Crippen molar-refractivity contribution in [1.29, 1.82) is 0 Å². The van der Waals surface area contributed by atoms with Crippen molar-refractivity contribution in [3.63, 3.8) is 0 Å². The normalized spacial score (nSPS) is 21.3. The maximum Gasteiger partial charge on any atom is 0.244 e. The fourth-order valence-corrected chi connectivity index (χ4v) is 2.45.